The number of ether oxygens (including phenoxy) is 1. The number of carbonyl (C=O) groups is 1. The molecule has 0 spiro atoms. The van der Waals surface area contributed by atoms with E-state index in [9.17, 15) is 4.79 Å². The van der Waals surface area contributed by atoms with Crippen LogP contribution in [-0.2, 0) is 14.4 Å². The Kier molecular flexibility index (Phi) is 4.66. The zero-order chi connectivity index (χ0) is 16.9. The van der Waals surface area contributed by atoms with Crippen molar-refractivity contribution >= 4 is 17.2 Å². The van der Waals surface area contributed by atoms with E-state index >= 15 is 0 Å². The van der Waals surface area contributed by atoms with Crippen LogP contribution < -0.4 is 5.48 Å². The van der Waals surface area contributed by atoms with Crippen molar-refractivity contribution in [2.45, 2.75) is 13.8 Å². The van der Waals surface area contributed by atoms with Crippen LogP contribution in [0, 0.1) is 0 Å². The highest BCUT2D eigenvalue weighted by atomic mass is 16.7. The number of hydroxylamine groups is 1. The summed E-state index contributed by atoms with van der Waals surface area (Å²) in [6.07, 6.45) is 0. The van der Waals surface area contributed by atoms with Crippen molar-refractivity contribution in [2.24, 2.45) is 0 Å². The molecule has 1 N–H and O–H groups in total. The highest BCUT2D eigenvalue weighted by Crippen LogP contribution is 2.36. The van der Waals surface area contributed by atoms with Crippen LogP contribution in [0.3, 0.4) is 0 Å². The monoisotopic (exact) mass is 321 g/mol. The lowest BCUT2D eigenvalue weighted by Crippen LogP contribution is -2.24. The van der Waals surface area contributed by atoms with Crippen LogP contribution in [0.25, 0.3) is 11.3 Å². The normalized spacial score (nSPS) is 14.1. The van der Waals surface area contributed by atoms with E-state index in [0.717, 1.165) is 22.4 Å². The Morgan fingerprint density at radius 3 is 2.17 bits per heavy atom. The molecular formula is C20H19NO3. The van der Waals surface area contributed by atoms with Gasteiger partial charge in [0.2, 0.25) is 0 Å². The first kappa shape index (κ1) is 15.9. The standard InChI is InChI=1S/C20H19NO3/c1-3-23-20(22)17-14(2)24-21-19(16-12-8-5-9-13-16)18(17)15-10-6-4-7-11-15/h4-13,21H,3H2,1-2H3. The lowest BCUT2D eigenvalue weighted by Gasteiger charge is -2.25. The molecule has 0 radical (unpaired) electrons. The number of rotatable bonds is 4. The molecule has 24 heavy (non-hydrogen) atoms. The maximum absolute atomic E-state index is 12.5. The minimum Gasteiger partial charge on any atom is -0.462 e. The molecule has 0 bridgehead atoms. The fraction of sp³-hybridized carbons (Fsp3) is 0.150. The number of esters is 1. The Hall–Kier alpha value is -3.01. The Balaban J connectivity index is 2.23. The lowest BCUT2D eigenvalue weighted by molar-refractivity contribution is -0.138. The summed E-state index contributed by atoms with van der Waals surface area (Å²) in [6, 6.07) is 19.6. The molecule has 4 nitrogen and oxygen atoms in total. The average Bonchev–Trinajstić information content (AvgIpc) is 2.63. The summed E-state index contributed by atoms with van der Waals surface area (Å²) in [6.45, 7) is 3.86. The van der Waals surface area contributed by atoms with Gasteiger partial charge < -0.3 is 9.57 Å². The molecule has 0 saturated heterocycles. The van der Waals surface area contributed by atoms with E-state index in [4.69, 9.17) is 9.57 Å². The van der Waals surface area contributed by atoms with Crippen LogP contribution in [0.5, 0.6) is 0 Å². The smallest absolute Gasteiger partial charge is 0.342 e. The summed E-state index contributed by atoms with van der Waals surface area (Å²) in [4.78, 5) is 18.1. The highest BCUT2D eigenvalue weighted by molar-refractivity contribution is 6.13. The quantitative estimate of drug-likeness (QED) is 0.867. The molecular weight excluding hydrogens is 302 g/mol. The van der Waals surface area contributed by atoms with Gasteiger partial charge in [-0.15, -0.1) is 0 Å². The average molecular weight is 321 g/mol. The summed E-state index contributed by atoms with van der Waals surface area (Å²) >= 11 is 0. The number of allylic oxidation sites excluding steroid dienone is 1. The molecule has 0 aliphatic carbocycles. The van der Waals surface area contributed by atoms with Gasteiger partial charge in [0, 0.05) is 11.1 Å². The summed E-state index contributed by atoms with van der Waals surface area (Å²) in [5.74, 6) is 0.107. The second-order valence-corrected chi connectivity index (χ2v) is 5.34. The van der Waals surface area contributed by atoms with Crippen LogP contribution in [0.1, 0.15) is 25.0 Å². The third-order valence-corrected chi connectivity index (χ3v) is 3.76. The molecule has 3 rings (SSSR count). The molecule has 0 unspecified atom stereocenters. The minimum absolute atomic E-state index is 0.311. The first-order chi connectivity index (χ1) is 11.7. The SMILES string of the molecule is CCOC(=O)C1=C(C)ONC(c2ccccc2)=C1c1ccccc1. The fourth-order valence-electron chi connectivity index (χ4n) is 2.68. The molecule has 122 valence electrons. The molecule has 2 aromatic rings. The van der Waals surface area contributed by atoms with Crippen molar-refractivity contribution in [3.05, 3.63) is 83.1 Å². The summed E-state index contributed by atoms with van der Waals surface area (Å²) in [5, 5.41) is 0. The van der Waals surface area contributed by atoms with E-state index in [-0.39, 0.29) is 5.97 Å². The summed E-state index contributed by atoms with van der Waals surface area (Å²) in [7, 11) is 0. The molecule has 4 heteroatoms. The van der Waals surface area contributed by atoms with Gasteiger partial charge in [0.1, 0.15) is 11.3 Å². The largest absolute Gasteiger partial charge is 0.462 e. The molecule has 1 aliphatic rings. The molecule has 0 amide bonds. The molecule has 2 aromatic carbocycles. The van der Waals surface area contributed by atoms with Crippen molar-refractivity contribution in [1.82, 2.24) is 5.48 Å². The van der Waals surface area contributed by atoms with Gasteiger partial charge in [0.25, 0.3) is 0 Å². The van der Waals surface area contributed by atoms with E-state index < -0.39 is 0 Å². The van der Waals surface area contributed by atoms with Crippen molar-refractivity contribution in [3.63, 3.8) is 0 Å². The lowest BCUT2D eigenvalue weighted by atomic mass is 9.91. The zero-order valence-corrected chi connectivity index (χ0v) is 13.7. The van der Waals surface area contributed by atoms with Crippen molar-refractivity contribution < 1.29 is 14.4 Å². The Bertz CT molecular complexity index is 792. The number of hydrogen-bond donors (Lipinski definition) is 1. The number of carbonyl (C=O) groups excluding carboxylic acids is 1. The van der Waals surface area contributed by atoms with E-state index in [1.807, 2.05) is 60.7 Å². The summed E-state index contributed by atoms with van der Waals surface area (Å²) < 4.78 is 5.25. The van der Waals surface area contributed by atoms with E-state index in [1.165, 1.54) is 0 Å². The van der Waals surface area contributed by atoms with Gasteiger partial charge in [0.15, 0.2) is 0 Å². The second-order valence-electron chi connectivity index (χ2n) is 5.34. The van der Waals surface area contributed by atoms with Gasteiger partial charge in [-0.25, -0.2) is 10.3 Å². The van der Waals surface area contributed by atoms with Crippen LogP contribution in [0.2, 0.25) is 0 Å². The van der Waals surface area contributed by atoms with Crippen LogP contribution >= 0.6 is 0 Å². The van der Waals surface area contributed by atoms with E-state index in [2.05, 4.69) is 5.48 Å². The first-order valence-corrected chi connectivity index (χ1v) is 7.88. The van der Waals surface area contributed by atoms with Gasteiger partial charge in [-0.2, -0.15) is 0 Å². The second kappa shape index (κ2) is 7.04. The number of hydrogen-bond acceptors (Lipinski definition) is 4. The van der Waals surface area contributed by atoms with Gasteiger partial charge in [-0.1, -0.05) is 60.7 Å². The van der Waals surface area contributed by atoms with Crippen molar-refractivity contribution in [3.8, 4) is 0 Å². The van der Waals surface area contributed by atoms with Crippen LogP contribution in [0.4, 0.5) is 0 Å². The van der Waals surface area contributed by atoms with Crippen molar-refractivity contribution in [2.75, 3.05) is 6.61 Å². The number of nitrogens with one attached hydrogen (secondary N) is 1. The van der Waals surface area contributed by atoms with Crippen LogP contribution in [0.15, 0.2) is 72.0 Å². The van der Waals surface area contributed by atoms with Gasteiger partial charge in [-0.05, 0) is 19.4 Å². The Labute approximate surface area is 141 Å². The Morgan fingerprint density at radius 1 is 1.00 bits per heavy atom. The van der Waals surface area contributed by atoms with Gasteiger partial charge in [0.05, 0.1) is 12.3 Å². The third kappa shape index (κ3) is 3.04. The minimum atomic E-state index is -0.385. The fourth-order valence-corrected chi connectivity index (χ4v) is 2.68. The van der Waals surface area contributed by atoms with Gasteiger partial charge >= 0.3 is 5.97 Å². The maximum atomic E-state index is 12.5. The predicted octanol–water partition coefficient (Wildman–Crippen LogP) is 3.93. The zero-order valence-electron chi connectivity index (χ0n) is 13.7. The summed E-state index contributed by atoms with van der Waals surface area (Å²) in [5.41, 5.74) is 6.81. The molecule has 1 aliphatic heterocycles. The van der Waals surface area contributed by atoms with Crippen molar-refractivity contribution in [1.29, 1.82) is 0 Å². The van der Waals surface area contributed by atoms with E-state index in [0.29, 0.717) is 17.9 Å². The highest BCUT2D eigenvalue weighted by Gasteiger charge is 2.29. The van der Waals surface area contributed by atoms with Crippen LogP contribution in [-0.4, -0.2) is 12.6 Å². The van der Waals surface area contributed by atoms with E-state index in [1.54, 1.807) is 13.8 Å². The topological polar surface area (TPSA) is 47.6 Å². The first-order valence-electron chi connectivity index (χ1n) is 7.88. The third-order valence-electron chi connectivity index (χ3n) is 3.76. The molecule has 1 heterocycles. The number of benzene rings is 2. The molecule has 0 aromatic heterocycles. The molecule has 0 saturated carbocycles. The molecule has 0 fully saturated rings. The van der Waals surface area contributed by atoms with Gasteiger partial charge in [-0.3, -0.25) is 0 Å². The Morgan fingerprint density at radius 2 is 1.58 bits per heavy atom. The molecule has 0 atom stereocenters. The predicted molar refractivity (Wildman–Crippen MR) is 93.3 cm³/mol. The maximum Gasteiger partial charge on any atom is 0.342 e.